The van der Waals surface area contributed by atoms with Gasteiger partial charge in [-0.3, -0.25) is 0 Å². The van der Waals surface area contributed by atoms with E-state index in [9.17, 15) is 12.8 Å². The summed E-state index contributed by atoms with van der Waals surface area (Å²) >= 11 is 5.97. The van der Waals surface area contributed by atoms with E-state index in [-0.39, 0.29) is 22.3 Å². The maximum absolute atomic E-state index is 12.8. The first-order chi connectivity index (χ1) is 10.4. The minimum atomic E-state index is -3.71. The third-order valence-corrected chi connectivity index (χ3v) is 4.99. The number of hydrogen-bond acceptors (Lipinski definition) is 3. The first-order valence-corrected chi connectivity index (χ1v) is 8.36. The Hall–Kier alpha value is -1.63. The summed E-state index contributed by atoms with van der Waals surface area (Å²) in [5, 5.41) is 0.0913. The standard InChI is InChI=1S/C15H15ClFNO3S/c1-21-13-6-7-15(14(16)10-13)22(19,20)18-9-8-11-2-4-12(17)5-3-11/h2-7,10,18H,8-9H2,1H3. The number of benzene rings is 2. The lowest BCUT2D eigenvalue weighted by Crippen LogP contribution is -2.26. The van der Waals surface area contributed by atoms with Gasteiger partial charge in [-0.05, 0) is 36.2 Å². The van der Waals surface area contributed by atoms with Gasteiger partial charge in [-0.2, -0.15) is 0 Å². The number of methoxy groups -OCH3 is 1. The van der Waals surface area contributed by atoms with Crippen LogP contribution in [0.3, 0.4) is 0 Å². The van der Waals surface area contributed by atoms with E-state index in [0.717, 1.165) is 5.56 Å². The quantitative estimate of drug-likeness (QED) is 0.877. The van der Waals surface area contributed by atoms with Crippen LogP contribution in [0, 0.1) is 5.82 Å². The Morgan fingerprint density at radius 1 is 1.18 bits per heavy atom. The Kier molecular flexibility index (Phi) is 5.39. The summed E-state index contributed by atoms with van der Waals surface area (Å²) in [4.78, 5) is -0.00549. The first-order valence-electron chi connectivity index (χ1n) is 6.50. The normalized spacial score (nSPS) is 11.4. The van der Waals surface area contributed by atoms with E-state index >= 15 is 0 Å². The van der Waals surface area contributed by atoms with Crippen molar-refractivity contribution < 1.29 is 17.5 Å². The fraction of sp³-hybridized carbons (Fsp3) is 0.200. The van der Waals surface area contributed by atoms with Crippen LogP contribution in [0.4, 0.5) is 4.39 Å². The maximum Gasteiger partial charge on any atom is 0.242 e. The Bertz CT molecular complexity index is 748. The Morgan fingerprint density at radius 2 is 1.86 bits per heavy atom. The number of ether oxygens (including phenoxy) is 1. The van der Waals surface area contributed by atoms with Gasteiger partial charge in [0.25, 0.3) is 0 Å². The summed E-state index contributed by atoms with van der Waals surface area (Å²) in [5.41, 5.74) is 0.838. The molecule has 0 aliphatic carbocycles. The van der Waals surface area contributed by atoms with Gasteiger partial charge >= 0.3 is 0 Å². The lowest BCUT2D eigenvalue weighted by Gasteiger charge is -2.09. The van der Waals surface area contributed by atoms with Crippen molar-refractivity contribution in [3.63, 3.8) is 0 Å². The highest BCUT2D eigenvalue weighted by atomic mass is 35.5. The summed E-state index contributed by atoms with van der Waals surface area (Å²) in [6, 6.07) is 10.3. The molecule has 1 N–H and O–H groups in total. The fourth-order valence-electron chi connectivity index (χ4n) is 1.89. The molecule has 0 saturated carbocycles. The number of nitrogens with one attached hydrogen (secondary N) is 1. The largest absolute Gasteiger partial charge is 0.497 e. The van der Waals surface area contributed by atoms with Crippen LogP contribution >= 0.6 is 11.6 Å². The van der Waals surface area contributed by atoms with Gasteiger partial charge in [-0.25, -0.2) is 17.5 Å². The van der Waals surface area contributed by atoms with Crippen LogP contribution in [0.1, 0.15) is 5.56 Å². The van der Waals surface area contributed by atoms with Crippen LogP contribution in [0.25, 0.3) is 0 Å². The van der Waals surface area contributed by atoms with E-state index < -0.39 is 10.0 Å². The second-order valence-electron chi connectivity index (χ2n) is 4.57. The van der Waals surface area contributed by atoms with Crippen LogP contribution in [0.15, 0.2) is 47.4 Å². The minimum Gasteiger partial charge on any atom is -0.497 e. The summed E-state index contributed by atoms with van der Waals surface area (Å²) in [6.07, 6.45) is 0.452. The molecule has 0 fully saturated rings. The van der Waals surface area contributed by atoms with Gasteiger partial charge in [0.2, 0.25) is 10.0 Å². The lowest BCUT2D eigenvalue weighted by molar-refractivity contribution is 0.414. The van der Waals surface area contributed by atoms with E-state index in [4.69, 9.17) is 16.3 Å². The molecule has 118 valence electrons. The van der Waals surface area contributed by atoms with E-state index in [2.05, 4.69) is 4.72 Å². The SMILES string of the molecule is COc1ccc(S(=O)(=O)NCCc2ccc(F)cc2)c(Cl)c1. The molecular weight excluding hydrogens is 329 g/mol. The zero-order chi connectivity index (χ0) is 16.2. The zero-order valence-corrected chi connectivity index (χ0v) is 13.4. The molecule has 0 radical (unpaired) electrons. The summed E-state index contributed by atoms with van der Waals surface area (Å²) in [7, 11) is -2.23. The number of sulfonamides is 1. The molecule has 0 heterocycles. The summed E-state index contributed by atoms with van der Waals surface area (Å²) in [6.45, 7) is 0.191. The molecule has 7 heteroatoms. The predicted molar refractivity (Wildman–Crippen MR) is 83.3 cm³/mol. The molecule has 4 nitrogen and oxygen atoms in total. The van der Waals surface area contributed by atoms with Gasteiger partial charge in [0.05, 0.1) is 12.1 Å². The van der Waals surface area contributed by atoms with Crippen molar-refractivity contribution in [2.24, 2.45) is 0 Å². The monoisotopic (exact) mass is 343 g/mol. The highest BCUT2D eigenvalue weighted by molar-refractivity contribution is 7.89. The average molecular weight is 344 g/mol. The number of halogens is 2. The van der Waals surface area contributed by atoms with Gasteiger partial charge in [-0.15, -0.1) is 0 Å². The summed E-state index contributed by atoms with van der Waals surface area (Å²) in [5.74, 6) is 0.157. The second kappa shape index (κ2) is 7.09. The molecule has 0 spiro atoms. The Morgan fingerprint density at radius 3 is 2.45 bits per heavy atom. The molecule has 2 rings (SSSR count). The molecule has 0 atom stereocenters. The molecule has 0 unspecified atom stereocenters. The smallest absolute Gasteiger partial charge is 0.242 e. The van der Waals surface area contributed by atoms with Crippen LogP contribution in [0.2, 0.25) is 5.02 Å². The van der Waals surface area contributed by atoms with Gasteiger partial charge in [-0.1, -0.05) is 23.7 Å². The van der Waals surface area contributed by atoms with E-state index in [1.54, 1.807) is 12.1 Å². The van der Waals surface area contributed by atoms with Crippen molar-refractivity contribution >= 4 is 21.6 Å². The minimum absolute atomic E-state index is 0.00549. The van der Waals surface area contributed by atoms with Crippen molar-refractivity contribution in [1.82, 2.24) is 4.72 Å². The van der Waals surface area contributed by atoms with Crippen molar-refractivity contribution in [2.75, 3.05) is 13.7 Å². The first kappa shape index (κ1) is 16.7. The third kappa shape index (κ3) is 4.19. The zero-order valence-electron chi connectivity index (χ0n) is 11.8. The van der Waals surface area contributed by atoms with Crippen molar-refractivity contribution in [2.45, 2.75) is 11.3 Å². The topological polar surface area (TPSA) is 55.4 Å². The van der Waals surface area contributed by atoms with Crippen LogP contribution in [-0.2, 0) is 16.4 Å². The van der Waals surface area contributed by atoms with Gasteiger partial charge in [0.1, 0.15) is 16.5 Å². The van der Waals surface area contributed by atoms with Crippen LogP contribution in [-0.4, -0.2) is 22.1 Å². The lowest BCUT2D eigenvalue weighted by atomic mass is 10.1. The Labute approximate surface area is 133 Å². The molecule has 2 aromatic carbocycles. The van der Waals surface area contributed by atoms with Gasteiger partial charge in [0, 0.05) is 12.6 Å². The fourth-order valence-corrected chi connectivity index (χ4v) is 3.45. The van der Waals surface area contributed by atoms with Crippen LogP contribution < -0.4 is 9.46 Å². The predicted octanol–water partition coefficient (Wildman–Crippen LogP) is 3.01. The average Bonchev–Trinajstić information content (AvgIpc) is 2.48. The van der Waals surface area contributed by atoms with Crippen LogP contribution in [0.5, 0.6) is 5.75 Å². The summed E-state index contributed by atoms with van der Waals surface area (Å²) < 4.78 is 44.6. The van der Waals surface area contributed by atoms with Crippen molar-refractivity contribution in [1.29, 1.82) is 0 Å². The molecule has 22 heavy (non-hydrogen) atoms. The second-order valence-corrected chi connectivity index (χ2v) is 6.71. The molecule has 0 saturated heterocycles. The van der Waals surface area contributed by atoms with E-state index in [1.165, 1.54) is 37.4 Å². The van der Waals surface area contributed by atoms with Gasteiger partial charge in [0.15, 0.2) is 0 Å². The van der Waals surface area contributed by atoms with Crippen molar-refractivity contribution in [3.8, 4) is 5.75 Å². The molecule has 0 aliphatic rings. The molecule has 0 bridgehead atoms. The highest BCUT2D eigenvalue weighted by Gasteiger charge is 2.17. The third-order valence-electron chi connectivity index (χ3n) is 3.05. The highest BCUT2D eigenvalue weighted by Crippen LogP contribution is 2.25. The molecule has 0 aromatic heterocycles. The molecule has 2 aromatic rings. The van der Waals surface area contributed by atoms with E-state index in [0.29, 0.717) is 12.2 Å². The number of rotatable bonds is 6. The molecule has 0 amide bonds. The van der Waals surface area contributed by atoms with Crippen molar-refractivity contribution in [3.05, 3.63) is 58.9 Å². The number of hydrogen-bond donors (Lipinski definition) is 1. The molecular formula is C15H15ClFNO3S. The van der Waals surface area contributed by atoms with E-state index in [1.807, 2.05) is 0 Å². The molecule has 0 aliphatic heterocycles. The Balaban J connectivity index is 2.03. The van der Waals surface area contributed by atoms with Gasteiger partial charge < -0.3 is 4.74 Å². The maximum atomic E-state index is 12.8.